The molecule has 1 aliphatic rings. The van der Waals surface area contributed by atoms with E-state index in [4.69, 9.17) is 0 Å². The van der Waals surface area contributed by atoms with Crippen LogP contribution in [-0.4, -0.2) is 18.1 Å². The van der Waals surface area contributed by atoms with Crippen LogP contribution in [0.4, 0.5) is 0 Å². The Hall–Kier alpha value is -0.410. The van der Waals surface area contributed by atoms with Crippen LogP contribution in [0.15, 0.2) is 5.38 Å². The van der Waals surface area contributed by atoms with E-state index in [-0.39, 0.29) is 0 Å². The lowest BCUT2D eigenvalue weighted by molar-refractivity contribution is 0.201. The highest BCUT2D eigenvalue weighted by molar-refractivity contribution is 7.09. The van der Waals surface area contributed by atoms with Gasteiger partial charge in [0.25, 0.3) is 0 Å². The lowest BCUT2D eigenvalue weighted by atomic mass is 9.76. The Morgan fingerprint density at radius 2 is 2.35 bits per heavy atom. The number of aryl methyl sites for hydroxylation is 1. The molecule has 1 heterocycles. The van der Waals surface area contributed by atoms with Crippen molar-refractivity contribution in [3.8, 4) is 0 Å². The molecule has 0 aliphatic heterocycles. The molecule has 2 atom stereocenters. The molecule has 1 fully saturated rings. The van der Waals surface area contributed by atoms with Crippen molar-refractivity contribution in [1.29, 1.82) is 0 Å². The molecular formula is C14H24N2S. The van der Waals surface area contributed by atoms with Gasteiger partial charge in [0.15, 0.2) is 0 Å². The van der Waals surface area contributed by atoms with Crippen LogP contribution >= 0.6 is 11.3 Å². The highest BCUT2D eigenvalue weighted by Gasteiger charge is 2.38. The predicted octanol–water partition coefficient (Wildman–Crippen LogP) is 3.41. The van der Waals surface area contributed by atoms with Crippen molar-refractivity contribution >= 4 is 11.3 Å². The topological polar surface area (TPSA) is 24.9 Å². The number of aromatic nitrogens is 1. The summed E-state index contributed by atoms with van der Waals surface area (Å²) in [5, 5.41) is 6.91. The summed E-state index contributed by atoms with van der Waals surface area (Å²) in [6.07, 6.45) is 5.19. The summed E-state index contributed by atoms with van der Waals surface area (Å²) in [5.41, 5.74) is 1.74. The van der Waals surface area contributed by atoms with Crippen LogP contribution in [0.3, 0.4) is 0 Å². The molecule has 0 amide bonds. The van der Waals surface area contributed by atoms with Gasteiger partial charge in [0.1, 0.15) is 0 Å². The van der Waals surface area contributed by atoms with Gasteiger partial charge >= 0.3 is 0 Å². The van der Waals surface area contributed by atoms with Crippen LogP contribution < -0.4 is 5.32 Å². The zero-order chi connectivity index (χ0) is 12.5. The number of rotatable bonds is 4. The van der Waals surface area contributed by atoms with Crippen LogP contribution in [0.2, 0.25) is 0 Å². The largest absolute Gasteiger partial charge is 0.316 e. The minimum absolute atomic E-state index is 0.485. The smallest absolute Gasteiger partial charge is 0.0897 e. The first-order valence-electron chi connectivity index (χ1n) is 6.61. The second-order valence-corrected chi connectivity index (χ2v) is 7.01. The molecule has 0 bridgehead atoms. The highest BCUT2D eigenvalue weighted by atomic mass is 32.1. The van der Waals surface area contributed by atoms with Gasteiger partial charge in [-0.05, 0) is 38.1 Å². The normalized spacial score (nSPS) is 25.1. The number of hydrogen-bond donors (Lipinski definition) is 1. The molecule has 2 nitrogen and oxygen atoms in total. The summed E-state index contributed by atoms with van der Waals surface area (Å²) in [5.74, 6) is 0.787. The fourth-order valence-electron chi connectivity index (χ4n) is 3.27. The molecule has 0 radical (unpaired) electrons. The minimum atomic E-state index is 0.485. The first-order chi connectivity index (χ1) is 8.03. The number of likely N-dealkylation sites (N-methyl/N-ethyl adjacent to an activating group) is 1. The third kappa shape index (κ3) is 2.89. The maximum absolute atomic E-state index is 4.60. The Morgan fingerprint density at radius 1 is 1.59 bits per heavy atom. The molecule has 3 heteroatoms. The monoisotopic (exact) mass is 252 g/mol. The van der Waals surface area contributed by atoms with Crippen molar-refractivity contribution in [2.75, 3.05) is 7.05 Å². The summed E-state index contributed by atoms with van der Waals surface area (Å²) in [6.45, 7) is 6.92. The molecule has 1 aromatic heterocycles. The number of thiazole rings is 1. The summed E-state index contributed by atoms with van der Waals surface area (Å²) < 4.78 is 0. The molecule has 1 saturated carbocycles. The molecule has 2 unspecified atom stereocenters. The molecule has 0 saturated heterocycles. The average molecular weight is 252 g/mol. The molecular weight excluding hydrogens is 228 g/mol. The van der Waals surface area contributed by atoms with Gasteiger partial charge < -0.3 is 5.32 Å². The summed E-state index contributed by atoms with van der Waals surface area (Å²) in [6, 6.07) is 0.578. The lowest BCUT2D eigenvalue weighted by Crippen LogP contribution is -2.40. The molecule has 1 aliphatic carbocycles. The molecule has 1 aromatic rings. The van der Waals surface area contributed by atoms with Gasteiger partial charge in [-0.15, -0.1) is 11.3 Å². The van der Waals surface area contributed by atoms with E-state index < -0.39 is 0 Å². The molecule has 2 rings (SSSR count). The zero-order valence-corrected chi connectivity index (χ0v) is 12.2. The number of nitrogens with one attached hydrogen (secondary N) is 1. The van der Waals surface area contributed by atoms with Crippen molar-refractivity contribution in [1.82, 2.24) is 10.3 Å². The van der Waals surface area contributed by atoms with Crippen molar-refractivity contribution in [3.05, 3.63) is 16.1 Å². The van der Waals surface area contributed by atoms with E-state index in [0.29, 0.717) is 11.5 Å². The molecule has 17 heavy (non-hydrogen) atoms. The van der Waals surface area contributed by atoms with Crippen LogP contribution in [0.25, 0.3) is 0 Å². The van der Waals surface area contributed by atoms with Crippen molar-refractivity contribution in [2.45, 2.75) is 52.5 Å². The Kier molecular flexibility index (Phi) is 3.88. The fourth-order valence-corrected chi connectivity index (χ4v) is 3.90. The van der Waals surface area contributed by atoms with Crippen LogP contribution in [-0.2, 0) is 6.42 Å². The van der Waals surface area contributed by atoms with E-state index >= 15 is 0 Å². The number of nitrogens with zero attached hydrogens (tertiary/aromatic N) is 1. The standard InChI is InChI=1S/C14H24N2S/c1-10-16-11(9-17-10)8-13(15-4)12-6-5-7-14(12,2)3/h9,12-13,15H,5-8H2,1-4H3. The van der Waals surface area contributed by atoms with Gasteiger partial charge in [-0.3, -0.25) is 0 Å². The molecule has 1 N–H and O–H groups in total. The first kappa shape index (κ1) is 13.0. The van der Waals surface area contributed by atoms with E-state index in [1.54, 1.807) is 11.3 Å². The van der Waals surface area contributed by atoms with Gasteiger partial charge in [-0.25, -0.2) is 4.98 Å². The second-order valence-electron chi connectivity index (χ2n) is 5.94. The maximum Gasteiger partial charge on any atom is 0.0897 e. The molecule has 0 spiro atoms. The van der Waals surface area contributed by atoms with Gasteiger partial charge in [0.2, 0.25) is 0 Å². The fraction of sp³-hybridized carbons (Fsp3) is 0.786. The van der Waals surface area contributed by atoms with Crippen LogP contribution in [0, 0.1) is 18.3 Å². The molecule has 96 valence electrons. The molecule has 0 aromatic carbocycles. The van der Waals surface area contributed by atoms with Crippen molar-refractivity contribution < 1.29 is 0 Å². The van der Waals surface area contributed by atoms with E-state index in [9.17, 15) is 0 Å². The third-order valence-electron chi connectivity index (χ3n) is 4.29. The van der Waals surface area contributed by atoms with Gasteiger partial charge in [-0.1, -0.05) is 20.3 Å². The maximum atomic E-state index is 4.60. The SMILES string of the molecule is CNC(Cc1csc(C)n1)C1CCCC1(C)C. The summed E-state index contributed by atoms with van der Waals surface area (Å²) in [7, 11) is 2.10. The number of hydrogen-bond acceptors (Lipinski definition) is 3. The van der Waals surface area contributed by atoms with Crippen molar-refractivity contribution in [3.63, 3.8) is 0 Å². The van der Waals surface area contributed by atoms with Gasteiger partial charge in [-0.2, -0.15) is 0 Å². The zero-order valence-electron chi connectivity index (χ0n) is 11.4. The Bertz CT molecular complexity index is 370. The van der Waals surface area contributed by atoms with Crippen molar-refractivity contribution in [2.24, 2.45) is 11.3 Å². The van der Waals surface area contributed by atoms with E-state index in [1.165, 1.54) is 30.0 Å². The van der Waals surface area contributed by atoms with Gasteiger partial charge in [0, 0.05) is 17.8 Å². The summed E-state index contributed by atoms with van der Waals surface area (Å²) in [4.78, 5) is 4.60. The lowest BCUT2D eigenvalue weighted by Gasteiger charge is -2.33. The first-order valence-corrected chi connectivity index (χ1v) is 7.49. The average Bonchev–Trinajstić information content (AvgIpc) is 2.81. The van der Waals surface area contributed by atoms with Crippen LogP contribution in [0.1, 0.15) is 43.8 Å². The quantitative estimate of drug-likeness (QED) is 0.888. The Labute approximate surface area is 109 Å². The van der Waals surface area contributed by atoms with E-state index in [2.05, 4.69) is 43.5 Å². The van der Waals surface area contributed by atoms with Crippen LogP contribution in [0.5, 0.6) is 0 Å². The van der Waals surface area contributed by atoms with E-state index in [1.807, 2.05) is 0 Å². The second kappa shape index (κ2) is 5.07. The predicted molar refractivity (Wildman–Crippen MR) is 74.5 cm³/mol. The van der Waals surface area contributed by atoms with Gasteiger partial charge in [0.05, 0.1) is 10.7 Å². The minimum Gasteiger partial charge on any atom is -0.316 e. The van der Waals surface area contributed by atoms with E-state index in [0.717, 1.165) is 12.3 Å². The third-order valence-corrected chi connectivity index (χ3v) is 5.11. The highest BCUT2D eigenvalue weighted by Crippen LogP contribution is 2.44. The summed E-state index contributed by atoms with van der Waals surface area (Å²) >= 11 is 1.76. The Morgan fingerprint density at radius 3 is 2.82 bits per heavy atom. The Balaban J connectivity index is 2.06.